The maximum Gasteiger partial charge on any atom is 0.336 e. The molecule has 0 aliphatic carbocycles. The summed E-state index contributed by atoms with van der Waals surface area (Å²) in [5, 5.41) is 16.8. The highest BCUT2D eigenvalue weighted by molar-refractivity contribution is 5.32. The van der Waals surface area contributed by atoms with Crippen LogP contribution in [0.4, 0.5) is 0 Å². The fourth-order valence-corrected chi connectivity index (χ4v) is 4.33. The predicted octanol–water partition coefficient (Wildman–Crippen LogP) is 3.35. The molecule has 0 saturated carbocycles. The third kappa shape index (κ3) is 14.2. The average molecular weight is 547 g/mol. The molecule has 12 heteroatoms. The standard InChI is InChI=1S/C27H42N6O6/c28-22-38-20-14-8-2-6-12-18-32-25(35)31(17-11-5-1-4-10-16-30-24-34)26(36)33(27(32)37)19-13-7-3-9-15-21-39-23-29/h1-21H2. The van der Waals surface area contributed by atoms with E-state index in [4.69, 9.17) is 10.5 Å². The van der Waals surface area contributed by atoms with Crippen LogP contribution >= 0.6 is 0 Å². The lowest BCUT2D eigenvalue weighted by Gasteiger charge is -2.14. The van der Waals surface area contributed by atoms with Crippen LogP contribution in [-0.4, -0.2) is 39.5 Å². The van der Waals surface area contributed by atoms with Crippen LogP contribution in [0.5, 0.6) is 0 Å². The molecule has 0 atom stereocenters. The first-order chi connectivity index (χ1) is 19.1. The van der Waals surface area contributed by atoms with Gasteiger partial charge in [0, 0.05) is 19.6 Å². The number of unbranched alkanes of at least 4 members (excludes halogenated alkanes) is 12. The Kier molecular flexibility index (Phi) is 19.2. The van der Waals surface area contributed by atoms with Crippen molar-refractivity contribution in [1.82, 2.24) is 13.7 Å². The third-order valence-electron chi connectivity index (χ3n) is 6.49. The molecular weight excluding hydrogens is 504 g/mol. The molecular formula is C27H42N6O6. The van der Waals surface area contributed by atoms with Crippen molar-refractivity contribution in [2.75, 3.05) is 19.8 Å². The average Bonchev–Trinajstić information content (AvgIpc) is 2.93. The zero-order valence-electron chi connectivity index (χ0n) is 23.0. The van der Waals surface area contributed by atoms with Gasteiger partial charge >= 0.3 is 17.1 Å². The van der Waals surface area contributed by atoms with Gasteiger partial charge in [0.2, 0.25) is 6.08 Å². The Labute approximate surface area is 229 Å². The molecule has 1 aromatic rings. The van der Waals surface area contributed by atoms with Crippen LogP contribution < -0.4 is 17.1 Å². The number of rotatable bonds is 24. The van der Waals surface area contributed by atoms with Gasteiger partial charge in [0.05, 0.1) is 6.54 Å². The lowest BCUT2D eigenvalue weighted by molar-refractivity contribution is 0.260. The Hall–Kier alpha value is -3.63. The van der Waals surface area contributed by atoms with E-state index in [1.165, 1.54) is 19.8 Å². The van der Waals surface area contributed by atoms with E-state index in [9.17, 15) is 19.2 Å². The van der Waals surface area contributed by atoms with E-state index >= 15 is 0 Å². The minimum Gasteiger partial charge on any atom is -0.428 e. The monoisotopic (exact) mass is 546 g/mol. The number of ether oxygens (including phenoxy) is 2. The Balaban J connectivity index is 2.79. The summed E-state index contributed by atoms with van der Waals surface area (Å²) in [6.07, 6.45) is 16.9. The summed E-state index contributed by atoms with van der Waals surface area (Å²) in [6.45, 7) is 2.01. The maximum absolute atomic E-state index is 13.1. The molecule has 0 spiro atoms. The molecule has 1 aromatic heterocycles. The number of carbonyl (C=O) groups excluding carboxylic acids is 1. The normalized spacial score (nSPS) is 10.4. The van der Waals surface area contributed by atoms with E-state index in [0.29, 0.717) is 39.0 Å². The van der Waals surface area contributed by atoms with Gasteiger partial charge in [-0.2, -0.15) is 10.5 Å². The van der Waals surface area contributed by atoms with Crippen LogP contribution in [0.2, 0.25) is 0 Å². The Morgan fingerprint density at radius 3 is 1.23 bits per heavy atom. The first kappa shape index (κ1) is 33.4. The second-order valence-corrected chi connectivity index (χ2v) is 9.46. The summed E-state index contributed by atoms with van der Waals surface area (Å²) in [5.41, 5.74) is -1.66. The minimum absolute atomic E-state index is 0.252. The highest BCUT2D eigenvalue weighted by atomic mass is 16.5. The van der Waals surface area contributed by atoms with Gasteiger partial charge in [0.25, 0.3) is 12.5 Å². The van der Waals surface area contributed by atoms with Crippen molar-refractivity contribution in [3.63, 3.8) is 0 Å². The first-order valence-electron chi connectivity index (χ1n) is 14.1. The van der Waals surface area contributed by atoms with Crippen molar-refractivity contribution in [3.05, 3.63) is 31.5 Å². The molecule has 0 unspecified atom stereocenters. The van der Waals surface area contributed by atoms with E-state index in [0.717, 1.165) is 77.0 Å². The fraction of sp³-hybridized carbons (Fsp3) is 0.778. The van der Waals surface area contributed by atoms with Gasteiger partial charge in [-0.25, -0.2) is 37.9 Å². The number of hydrogen-bond donors (Lipinski definition) is 0. The van der Waals surface area contributed by atoms with Gasteiger partial charge in [-0.15, -0.1) is 0 Å². The number of hydrogen-bond acceptors (Lipinski definition) is 9. The Bertz CT molecular complexity index is 1050. The molecule has 0 saturated heterocycles. The van der Waals surface area contributed by atoms with Crippen molar-refractivity contribution in [2.45, 2.75) is 116 Å². The number of aromatic nitrogens is 3. The van der Waals surface area contributed by atoms with Crippen LogP contribution in [0.15, 0.2) is 19.4 Å². The number of nitrogens with zero attached hydrogens (tertiary/aromatic N) is 6. The zero-order chi connectivity index (χ0) is 28.6. The van der Waals surface area contributed by atoms with Gasteiger partial charge in [-0.3, -0.25) is 0 Å². The van der Waals surface area contributed by atoms with Crippen LogP contribution in [0, 0.1) is 23.0 Å². The van der Waals surface area contributed by atoms with Crippen molar-refractivity contribution < 1.29 is 14.3 Å². The number of nitriles is 2. The van der Waals surface area contributed by atoms with E-state index < -0.39 is 17.1 Å². The summed E-state index contributed by atoms with van der Waals surface area (Å²) >= 11 is 0. The highest BCUT2D eigenvalue weighted by Gasteiger charge is 2.15. The third-order valence-corrected chi connectivity index (χ3v) is 6.49. The SMILES string of the molecule is N#COCCCCCCCn1c(=O)n(CCCCCCCN=C=O)c(=O)n(CCCCCCCOC#N)c1=O. The molecule has 0 fully saturated rings. The van der Waals surface area contributed by atoms with Crippen LogP contribution in [0.3, 0.4) is 0 Å². The Morgan fingerprint density at radius 1 is 0.538 bits per heavy atom. The first-order valence-corrected chi connectivity index (χ1v) is 14.1. The van der Waals surface area contributed by atoms with Crippen molar-refractivity contribution in [3.8, 4) is 12.5 Å². The number of isocyanates is 1. The van der Waals surface area contributed by atoms with Crippen LogP contribution in [0.1, 0.15) is 96.3 Å². The van der Waals surface area contributed by atoms with E-state index in [1.54, 1.807) is 12.5 Å². The second kappa shape index (κ2) is 22.4. The van der Waals surface area contributed by atoms with Crippen LogP contribution in [0.25, 0.3) is 0 Å². The molecule has 39 heavy (non-hydrogen) atoms. The molecule has 1 rings (SSSR count). The summed E-state index contributed by atoms with van der Waals surface area (Å²) in [4.78, 5) is 53.0. The van der Waals surface area contributed by atoms with E-state index in [1.807, 2.05) is 0 Å². The molecule has 0 N–H and O–H groups in total. The topological polar surface area (TPSA) is 161 Å². The quantitative estimate of drug-likeness (QED) is 0.0825. The summed E-state index contributed by atoms with van der Waals surface area (Å²) in [7, 11) is 0. The zero-order valence-corrected chi connectivity index (χ0v) is 23.0. The molecule has 0 aromatic carbocycles. The van der Waals surface area contributed by atoms with Crippen LogP contribution in [-0.2, 0) is 33.9 Å². The lowest BCUT2D eigenvalue weighted by Crippen LogP contribution is -2.54. The summed E-state index contributed by atoms with van der Waals surface area (Å²) in [5.74, 6) is 0. The molecule has 0 amide bonds. The molecule has 1 heterocycles. The molecule has 216 valence electrons. The Morgan fingerprint density at radius 2 is 0.872 bits per heavy atom. The van der Waals surface area contributed by atoms with E-state index in [-0.39, 0.29) is 19.6 Å². The van der Waals surface area contributed by atoms with Crippen molar-refractivity contribution in [1.29, 1.82) is 10.5 Å². The van der Waals surface area contributed by atoms with Gasteiger partial charge in [-0.1, -0.05) is 57.8 Å². The summed E-state index contributed by atoms with van der Waals surface area (Å²) in [6, 6.07) is 0. The van der Waals surface area contributed by atoms with Crippen molar-refractivity contribution in [2.24, 2.45) is 4.99 Å². The van der Waals surface area contributed by atoms with Gasteiger partial charge < -0.3 is 9.47 Å². The summed E-state index contributed by atoms with van der Waals surface area (Å²) < 4.78 is 12.9. The van der Waals surface area contributed by atoms with Gasteiger partial charge in [0.1, 0.15) is 13.2 Å². The van der Waals surface area contributed by atoms with Gasteiger partial charge in [-0.05, 0) is 38.5 Å². The molecule has 0 radical (unpaired) electrons. The molecule has 0 aliphatic heterocycles. The molecule has 12 nitrogen and oxygen atoms in total. The molecule has 0 aliphatic rings. The maximum atomic E-state index is 13.1. The number of aliphatic imine (C=N–C) groups is 1. The lowest BCUT2D eigenvalue weighted by atomic mass is 10.1. The fourth-order valence-electron chi connectivity index (χ4n) is 4.33. The van der Waals surface area contributed by atoms with Gasteiger partial charge in [0.15, 0.2) is 0 Å². The molecule has 0 bridgehead atoms. The predicted molar refractivity (Wildman–Crippen MR) is 145 cm³/mol. The smallest absolute Gasteiger partial charge is 0.336 e. The second-order valence-electron chi connectivity index (χ2n) is 9.46. The minimum atomic E-state index is -0.554. The highest BCUT2D eigenvalue weighted by Crippen LogP contribution is 2.06. The van der Waals surface area contributed by atoms with E-state index in [2.05, 4.69) is 14.5 Å². The largest absolute Gasteiger partial charge is 0.428 e. The van der Waals surface area contributed by atoms with Crippen molar-refractivity contribution >= 4 is 6.08 Å².